The van der Waals surface area contributed by atoms with Crippen molar-refractivity contribution in [3.63, 3.8) is 0 Å². The number of carbonyl (C=O) groups excluding carboxylic acids is 1. The van der Waals surface area contributed by atoms with Crippen LogP contribution in [-0.4, -0.2) is 22.8 Å². The Morgan fingerprint density at radius 3 is 2.62 bits per heavy atom. The molecular weight excluding hydrogens is 333 g/mol. The number of hydrazone groups is 1. The lowest BCUT2D eigenvalue weighted by molar-refractivity contribution is -0.384. The van der Waals surface area contributed by atoms with Gasteiger partial charge in [-0.25, -0.2) is 9.82 Å². The Balaban J connectivity index is 1.73. The molecule has 1 N–H and O–H groups in total. The third-order valence-corrected chi connectivity index (χ3v) is 3.95. The number of nitrogens with one attached hydrogen (secondary N) is 1. The fraction of sp³-hybridized carbons (Fsp3) is 0.125. The van der Waals surface area contributed by atoms with Crippen LogP contribution in [0.4, 0.5) is 10.1 Å². The first-order valence-corrected chi connectivity index (χ1v) is 8.09. The normalized spacial score (nSPS) is 10.7. The lowest BCUT2D eigenvalue weighted by Gasteiger charge is -2.01. The average Bonchev–Trinajstić information content (AvgIpc) is 2.57. The van der Waals surface area contributed by atoms with Crippen LogP contribution in [0.3, 0.4) is 0 Å². The summed E-state index contributed by atoms with van der Waals surface area (Å²) in [5, 5.41) is 14.3. The molecule has 0 aromatic heterocycles. The Morgan fingerprint density at radius 1 is 1.25 bits per heavy atom. The number of halogens is 1. The highest BCUT2D eigenvalue weighted by Crippen LogP contribution is 2.16. The van der Waals surface area contributed by atoms with Crippen molar-refractivity contribution in [3.05, 3.63) is 75.6 Å². The molecule has 1 amide bonds. The van der Waals surface area contributed by atoms with E-state index in [1.54, 1.807) is 30.3 Å². The molecule has 0 aliphatic carbocycles. The second-order valence-electron chi connectivity index (χ2n) is 4.73. The minimum Gasteiger partial charge on any atom is -0.272 e. The van der Waals surface area contributed by atoms with Gasteiger partial charge >= 0.3 is 0 Å². The van der Waals surface area contributed by atoms with Gasteiger partial charge in [0.15, 0.2) is 0 Å². The van der Waals surface area contributed by atoms with Gasteiger partial charge in [-0.2, -0.15) is 5.10 Å². The molecule has 0 fully saturated rings. The summed E-state index contributed by atoms with van der Waals surface area (Å²) in [7, 11) is 0. The molecule has 0 saturated carbocycles. The van der Waals surface area contributed by atoms with Crippen LogP contribution in [0.15, 0.2) is 53.6 Å². The molecule has 2 aromatic carbocycles. The van der Waals surface area contributed by atoms with E-state index in [0.29, 0.717) is 5.75 Å². The van der Waals surface area contributed by atoms with E-state index < -0.39 is 10.7 Å². The second-order valence-corrected chi connectivity index (χ2v) is 5.72. The summed E-state index contributed by atoms with van der Waals surface area (Å²) in [5.74, 6) is -0.00818. The molecule has 0 atom stereocenters. The summed E-state index contributed by atoms with van der Waals surface area (Å²) in [6.07, 6.45) is 1.24. The van der Waals surface area contributed by atoms with Gasteiger partial charge in [-0.3, -0.25) is 14.9 Å². The van der Waals surface area contributed by atoms with Crippen molar-refractivity contribution >= 4 is 29.6 Å². The van der Waals surface area contributed by atoms with Gasteiger partial charge in [0.05, 0.1) is 16.9 Å². The molecule has 8 heteroatoms. The molecule has 0 bridgehead atoms. The van der Waals surface area contributed by atoms with E-state index in [2.05, 4.69) is 10.5 Å². The first-order chi connectivity index (χ1) is 11.6. The predicted molar refractivity (Wildman–Crippen MR) is 91.4 cm³/mol. The van der Waals surface area contributed by atoms with E-state index in [1.807, 2.05) is 0 Å². The van der Waals surface area contributed by atoms with Crippen LogP contribution in [0.1, 0.15) is 11.1 Å². The SMILES string of the molecule is O=C(CSCc1ccc([N+](=O)[O-])cc1)N/N=C\c1ccccc1F. The summed E-state index contributed by atoms with van der Waals surface area (Å²) in [6, 6.07) is 12.3. The maximum atomic E-state index is 13.3. The van der Waals surface area contributed by atoms with Crippen molar-refractivity contribution in [3.8, 4) is 0 Å². The van der Waals surface area contributed by atoms with E-state index in [1.165, 1.54) is 36.2 Å². The summed E-state index contributed by atoms with van der Waals surface area (Å²) >= 11 is 1.35. The van der Waals surface area contributed by atoms with Crippen LogP contribution >= 0.6 is 11.8 Å². The zero-order valence-electron chi connectivity index (χ0n) is 12.5. The number of nitro benzene ring substituents is 1. The van der Waals surface area contributed by atoms with Gasteiger partial charge in [0.2, 0.25) is 5.91 Å². The third kappa shape index (κ3) is 5.47. The summed E-state index contributed by atoms with van der Waals surface area (Å²) in [6.45, 7) is 0. The Kier molecular flexibility index (Phi) is 6.44. The summed E-state index contributed by atoms with van der Waals surface area (Å²) in [5.41, 5.74) is 3.52. The molecule has 24 heavy (non-hydrogen) atoms. The van der Waals surface area contributed by atoms with Crippen LogP contribution in [0, 0.1) is 15.9 Å². The van der Waals surface area contributed by atoms with Crippen molar-refractivity contribution in [1.82, 2.24) is 5.43 Å². The first kappa shape index (κ1) is 17.6. The predicted octanol–water partition coefficient (Wildman–Crippen LogP) is 3.12. The molecule has 2 aromatic rings. The van der Waals surface area contributed by atoms with Gasteiger partial charge in [-0.05, 0) is 11.6 Å². The van der Waals surface area contributed by atoms with Crippen LogP contribution in [0.5, 0.6) is 0 Å². The maximum absolute atomic E-state index is 13.3. The van der Waals surface area contributed by atoms with Gasteiger partial charge in [0.1, 0.15) is 5.82 Å². The third-order valence-electron chi connectivity index (χ3n) is 2.95. The number of thioether (sulfide) groups is 1. The second kappa shape index (κ2) is 8.78. The monoisotopic (exact) mass is 347 g/mol. The Bertz CT molecular complexity index is 750. The largest absolute Gasteiger partial charge is 0.272 e. The Labute approximate surface area is 141 Å². The van der Waals surface area contributed by atoms with Gasteiger partial charge in [-0.15, -0.1) is 11.8 Å². The molecule has 0 radical (unpaired) electrons. The van der Waals surface area contributed by atoms with Crippen molar-refractivity contribution in [2.75, 3.05) is 5.75 Å². The number of benzene rings is 2. The Hall–Kier alpha value is -2.74. The molecular formula is C16H14FN3O3S. The van der Waals surface area contributed by atoms with Crippen molar-refractivity contribution in [2.45, 2.75) is 5.75 Å². The topological polar surface area (TPSA) is 84.6 Å². The van der Waals surface area contributed by atoms with Gasteiger partial charge < -0.3 is 0 Å². The van der Waals surface area contributed by atoms with Crippen LogP contribution in [0.2, 0.25) is 0 Å². The molecule has 0 saturated heterocycles. The number of amides is 1. The molecule has 2 rings (SSSR count). The number of nitrogens with zero attached hydrogens (tertiary/aromatic N) is 2. The zero-order valence-corrected chi connectivity index (χ0v) is 13.3. The average molecular weight is 347 g/mol. The minimum absolute atomic E-state index is 0.0315. The van der Waals surface area contributed by atoms with Crippen LogP contribution < -0.4 is 5.43 Å². The van der Waals surface area contributed by atoms with Gasteiger partial charge in [-0.1, -0.05) is 30.3 Å². The fourth-order valence-electron chi connectivity index (χ4n) is 1.76. The molecule has 0 spiro atoms. The number of hydrogen-bond donors (Lipinski definition) is 1. The van der Waals surface area contributed by atoms with Gasteiger partial charge in [0, 0.05) is 23.4 Å². The van der Waals surface area contributed by atoms with Crippen molar-refractivity contribution in [2.24, 2.45) is 5.10 Å². The van der Waals surface area contributed by atoms with E-state index >= 15 is 0 Å². The highest BCUT2D eigenvalue weighted by atomic mass is 32.2. The number of non-ortho nitro benzene ring substituents is 1. The summed E-state index contributed by atoms with van der Waals surface area (Å²) in [4.78, 5) is 21.7. The lowest BCUT2D eigenvalue weighted by Crippen LogP contribution is -2.19. The number of rotatable bonds is 7. The van der Waals surface area contributed by atoms with E-state index in [-0.39, 0.29) is 22.9 Å². The molecule has 0 unspecified atom stereocenters. The molecule has 0 heterocycles. The quantitative estimate of drug-likeness (QED) is 0.474. The molecule has 0 aliphatic heterocycles. The number of nitro groups is 1. The highest BCUT2D eigenvalue weighted by Gasteiger charge is 2.05. The van der Waals surface area contributed by atoms with Crippen LogP contribution in [-0.2, 0) is 10.5 Å². The fourth-order valence-corrected chi connectivity index (χ4v) is 2.54. The molecule has 124 valence electrons. The highest BCUT2D eigenvalue weighted by molar-refractivity contribution is 7.99. The van der Waals surface area contributed by atoms with Crippen molar-refractivity contribution in [1.29, 1.82) is 0 Å². The van der Waals surface area contributed by atoms with E-state index in [9.17, 15) is 19.3 Å². The van der Waals surface area contributed by atoms with E-state index in [0.717, 1.165) is 5.56 Å². The van der Waals surface area contributed by atoms with Crippen molar-refractivity contribution < 1.29 is 14.1 Å². The number of hydrogen-bond acceptors (Lipinski definition) is 5. The zero-order chi connectivity index (χ0) is 17.4. The molecule has 6 nitrogen and oxygen atoms in total. The van der Waals surface area contributed by atoms with Gasteiger partial charge in [0.25, 0.3) is 5.69 Å². The minimum atomic E-state index is -0.460. The smallest absolute Gasteiger partial charge is 0.269 e. The molecule has 0 aliphatic rings. The standard InChI is InChI=1S/C16H14FN3O3S/c17-15-4-2-1-3-13(15)9-18-19-16(21)11-24-10-12-5-7-14(8-6-12)20(22)23/h1-9H,10-11H2,(H,19,21)/b18-9-. The van der Waals surface area contributed by atoms with Crippen LogP contribution in [0.25, 0.3) is 0 Å². The lowest BCUT2D eigenvalue weighted by atomic mass is 10.2. The number of carbonyl (C=O) groups is 1. The van der Waals surface area contributed by atoms with E-state index in [4.69, 9.17) is 0 Å². The first-order valence-electron chi connectivity index (χ1n) is 6.94. The summed E-state index contributed by atoms with van der Waals surface area (Å²) < 4.78 is 13.3. The Morgan fingerprint density at radius 2 is 1.96 bits per heavy atom. The maximum Gasteiger partial charge on any atom is 0.269 e.